The van der Waals surface area contributed by atoms with Crippen molar-refractivity contribution in [1.82, 2.24) is 5.32 Å². The van der Waals surface area contributed by atoms with Crippen molar-refractivity contribution in [2.45, 2.75) is 37.8 Å². The van der Waals surface area contributed by atoms with Gasteiger partial charge in [0.05, 0.1) is 6.61 Å². The highest BCUT2D eigenvalue weighted by molar-refractivity contribution is 5.37. The van der Waals surface area contributed by atoms with Crippen LogP contribution in [0.15, 0.2) is 36.4 Å². The van der Waals surface area contributed by atoms with Crippen LogP contribution in [0.25, 0.3) is 0 Å². The lowest BCUT2D eigenvalue weighted by Gasteiger charge is -2.31. The summed E-state index contributed by atoms with van der Waals surface area (Å²) in [6, 6.07) is 9.51. The van der Waals surface area contributed by atoms with Gasteiger partial charge >= 0.3 is 0 Å². The van der Waals surface area contributed by atoms with Crippen molar-refractivity contribution < 1.29 is 4.74 Å². The van der Waals surface area contributed by atoms with Gasteiger partial charge in [-0.3, -0.25) is 0 Å². The summed E-state index contributed by atoms with van der Waals surface area (Å²) in [7, 11) is 0. The second-order valence-electron chi connectivity index (χ2n) is 4.88. The first-order chi connectivity index (χ1) is 8.43. The summed E-state index contributed by atoms with van der Waals surface area (Å²) < 4.78 is 5.69. The van der Waals surface area contributed by atoms with Crippen LogP contribution in [0.5, 0.6) is 5.75 Å². The normalized spacial score (nSPS) is 27.3. The summed E-state index contributed by atoms with van der Waals surface area (Å²) >= 11 is 0. The lowest BCUT2D eigenvalue weighted by Crippen LogP contribution is -2.36. The van der Waals surface area contributed by atoms with Crippen LogP contribution >= 0.6 is 0 Å². The maximum atomic E-state index is 5.69. The molecule has 0 aromatic heterocycles. The Morgan fingerprint density at radius 1 is 1.12 bits per heavy atom. The molecule has 0 saturated heterocycles. The lowest BCUT2D eigenvalue weighted by molar-refractivity contribution is 0.241. The molecule has 1 heterocycles. The fourth-order valence-electron chi connectivity index (χ4n) is 2.74. The number of fused-ring (bicyclic) bond motifs is 1. The molecule has 2 atom stereocenters. The van der Waals surface area contributed by atoms with Crippen LogP contribution in [-0.2, 0) is 0 Å². The van der Waals surface area contributed by atoms with Gasteiger partial charge in [-0.15, -0.1) is 0 Å². The fraction of sp³-hybridized carbons (Fsp3) is 0.467. The molecule has 1 aromatic carbocycles. The third-order valence-corrected chi connectivity index (χ3v) is 3.66. The van der Waals surface area contributed by atoms with E-state index >= 15 is 0 Å². The van der Waals surface area contributed by atoms with E-state index in [0.29, 0.717) is 12.1 Å². The first kappa shape index (κ1) is 10.8. The van der Waals surface area contributed by atoms with Crippen molar-refractivity contribution >= 4 is 0 Å². The topological polar surface area (TPSA) is 21.3 Å². The average Bonchev–Trinajstić information content (AvgIpc) is 2.40. The number of rotatable bonds is 2. The maximum Gasteiger partial charge on any atom is 0.124 e. The molecule has 1 aromatic rings. The molecule has 1 aliphatic heterocycles. The zero-order chi connectivity index (χ0) is 11.5. The number of allylic oxidation sites excluding steroid dienone is 1. The molecule has 0 saturated carbocycles. The van der Waals surface area contributed by atoms with Crippen molar-refractivity contribution in [2.24, 2.45) is 0 Å². The van der Waals surface area contributed by atoms with Crippen LogP contribution in [0, 0.1) is 0 Å². The molecule has 1 N–H and O–H groups in total. The van der Waals surface area contributed by atoms with Crippen molar-refractivity contribution in [1.29, 1.82) is 0 Å². The van der Waals surface area contributed by atoms with Crippen LogP contribution in [0.4, 0.5) is 0 Å². The van der Waals surface area contributed by atoms with Gasteiger partial charge in [-0.25, -0.2) is 0 Å². The zero-order valence-corrected chi connectivity index (χ0v) is 10.1. The van der Waals surface area contributed by atoms with Crippen molar-refractivity contribution in [3.8, 4) is 5.75 Å². The molecule has 0 fully saturated rings. The number of hydrogen-bond acceptors (Lipinski definition) is 2. The molecule has 0 radical (unpaired) electrons. The predicted molar refractivity (Wildman–Crippen MR) is 69.2 cm³/mol. The minimum absolute atomic E-state index is 0.469. The van der Waals surface area contributed by atoms with Crippen LogP contribution in [0.1, 0.15) is 37.3 Å². The van der Waals surface area contributed by atoms with E-state index in [0.717, 1.165) is 18.8 Å². The predicted octanol–water partition coefficient (Wildman–Crippen LogP) is 3.21. The average molecular weight is 229 g/mol. The number of para-hydroxylation sites is 1. The van der Waals surface area contributed by atoms with Gasteiger partial charge in [-0.05, 0) is 25.3 Å². The summed E-state index contributed by atoms with van der Waals surface area (Å²) in [5, 5.41) is 3.78. The third kappa shape index (κ3) is 2.37. The highest BCUT2D eigenvalue weighted by atomic mass is 16.5. The monoisotopic (exact) mass is 229 g/mol. The van der Waals surface area contributed by atoms with E-state index in [4.69, 9.17) is 4.74 Å². The Morgan fingerprint density at radius 2 is 2.06 bits per heavy atom. The van der Waals surface area contributed by atoms with Crippen LogP contribution < -0.4 is 10.1 Å². The number of hydrogen-bond donors (Lipinski definition) is 1. The maximum absolute atomic E-state index is 5.69. The third-order valence-electron chi connectivity index (χ3n) is 3.66. The first-order valence-electron chi connectivity index (χ1n) is 6.56. The molecule has 2 nitrogen and oxygen atoms in total. The van der Waals surface area contributed by atoms with E-state index < -0.39 is 0 Å². The Balaban J connectivity index is 1.74. The largest absolute Gasteiger partial charge is 0.493 e. The second-order valence-corrected chi connectivity index (χ2v) is 4.88. The molecule has 2 unspecified atom stereocenters. The number of ether oxygens (including phenoxy) is 1. The first-order valence-corrected chi connectivity index (χ1v) is 6.56. The molecule has 90 valence electrons. The van der Waals surface area contributed by atoms with Crippen LogP contribution in [-0.4, -0.2) is 12.6 Å². The fourth-order valence-corrected chi connectivity index (χ4v) is 2.74. The second kappa shape index (κ2) is 4.92. The van der Waals surface area contributed by atoms with Crippen molar-refractivity contribution in [3.63, 3.8) is 0 Å². The summed E-state index contributed by atoms with van der Waals surface area (Å²) in [4.78, 5) is 0. The molecule has 3 rings (SSSR count). The Hall–Kier alpha value is -1.28. The van der Waals surface area contributed by atoms with Gasteiger partial charge in [0.1, 0.15) is 5.75 Å². The van der Waals surface area contributed by atoms with Gasteiger partial charge in [0, 0.05) is 24.1 Å². The Morgan fingerprint density at radius 3 is 2.94 bits per heavy atom. The van der Waals surface area contributed by atoms with E-state index in [1.165, 1.54) is 24.8 Å². The van der Waals surface area contributed by atoms with E-state index in [-0.39, 0.29) is 0 Å². The van der Waals surface area contributed by atoms with E-state index in [2.05, 4.69) is 35.7 Å². The molecule has 0 spiro atoms. The highest BCUT2D eigenvalue weighted by Crippen LogP contribution is 2.32. The Bertz CT molecular complexity index is 413. The molecule has 2 heteroatoms. The van der Waals surface area contributed by atoms with Gasteiger partial charge in [0.2, 0.25) is 0 Å². The summed E-state index contributed by atoms with van der Waals surface area (Å²) in [5.41, 5.74) is 1.33. The lowest BCUT2D eigenvalue weighted by atomic mass is 9.96. The van der Waals surface area contributed by atoms with E-state index in [1.807, 2.05) is 6.07 Å². The standard InChI is InChI=1S/C15H19NO/c1-2-6-12(7-3-1)16-14-10-11-17-15-9-5-4-8-13(14)15/h1-2,4-5,8-9,12,14,16H,3,6-7,10-11H2. The summed E-state index contributed by atoms with van der Waals surface area (Å²) in [6.07, 6.45) is 9.30. The molecular weight excluding hydrogens is 210 g/mol. The summed E-state index contributed by atoms with van der Waals surface area (Å²) in [6.45, 7) is 0.831. The SMILES string of the molecule is C1=CCC(NC2CCOc3ccccc32)CC1. The van der Waals surface area contributed by atoms with E-state index in [1.54, 1.807) is 0 Å². The number of nitrogens with one attached hydrogen (secondary N) is 1. The van der Waals surface area contributed by atoms with Crippen LogP contribution in [0.3, 0.4) is 0 Å². The number of benzene rings is 1. The van der Waals surface area contributed by atoms with E-state index in [9.17, 15) is 0 Å². The van der Waals surface area contributed by atoms with Gasteiger partial charge in [-0.1, -0.05) is 30.4 Å². The van der Waals surface area contributed by atoms with Gasteiger partial charge < -0.3 is 10.1 Å². The Kier molecular flexibility index (Phi) is 3.14. The van der Waals surface area contributed by atoms with Crippen molar-refractivity contribution in [2.75, 3.05) is 6.61 Å². The molecule has 0 amide bonds. The Labute approximate surface area is 103 Å². The molecule has 2 aliphatic rings. The summed E-state index contributed by atoms with van der Waals surface area (Å²) in [5.74, 6) is 1.06. The van der Waals surface area contributed by atoms with Crippen LogP contribution in [0.2, 0.25) is 0 Å². The smallest absolute Gasteiger partial charge is 0.124 e. The highest BCUT2D eigenvalue weighted by Gasteiger charge is 2.23. The zero-order valence-electron chi connectivity index (χ0n) is 10.1. The van der Waals surface area contributed by atoms with Gasteiger partial charge in [0.25, 0.3) is 0 Å². The molecule has 0 bridgehead atoms. The molecular formula is C15H19NO. The van der Waals surface area contributed by atoms with Gasteiger partial charge in [-0.2, -0.15) is 0 Å². The quantitative estimate of drug-likeness (QED) is 0.786. The minimum atomic E-state index is 0.469. The minimum Gasteiger partial charge on any atom is -0.493 e. The van der Waals surface area contributed by atoms with Crippen molar-refractivity contribution in [3.05, 3.63) is 42.0 Å². The molecule has 1 aliphatic carbocycles. The van der Waals surface area contributed by atoms with Gasteiger partial charge in [0.15, 0.2) is 0 Å². The molecule has 17 heavy (non-hydrogen) atoms.